The monoisotopic (exact) mass is 712 g/mol. The maximum atomic E-state index is 4.66. The van der Waals surface area contributed by atoms with Gasteiger partial charge < -0.3 is 4.90 Å². The van der Waals surface area contributed by atoms with Crippen molar-refractivity contribution >= 4 is 0 Å². The summed E-state index contributed by atoms with van der Waals surface area (Å²) >= 11 is 0. The van der Waals surface area contributed by atoms with Crippen molar-refractivity contribution in [3.63, 3.8) is 0 Å². The third kappa shape index (κ3) is 28.5. The highest BCUT2D eigenvalue weighted by Gasteiger charge is 2.24. The fraction of sp³-hybridized carbons (Fsp3) is 0.920. The molecule has 0 spiro atoms. The van der Waals surface area contributed by atoms with Crippen LogP contribution in [0.25, 0.3) is 0 Å². The van der Waals surface area contributed by atoms with Gasteiger partial charge in [0.15, 0.2) is 0 Å². The van der Waals surface area contributed by atoms with Crippen molar-refractivity contribution in [3.8, 4) is 0 Å². The molecule has 0 radical (unpaired) electrons. The van der Waals surface area contributed by atoms with Crippen molar-refractivity contribution in [2.24, 2.45) is 23.7 Å². The van der Waals surface area contributed by atoms with Crippen molar-refractivity contribution in [1.82, 2.24) is 4.90 Å². The maximum absolute atomic E-state index is 4.66. The molecule has 1 fully saturated rings. The van der Waals surface area contributed by atoms with Crippen molar-refractivity contribution in [1.29, 1.82) is 0 Å². The van der Waals surface area contributed by atoms with E-state index in [0.717, 1.165) is 23.7 Å². The van der Waals surface area contributed by atoms with Crippen LogP contribution < -0.4 is 0 Å². The largest absolute Gasteiger partial charge is 0.303 e. The van der Waals surface area contributed by atoms with Crippen molar-refractivity contribution in [2.75, 3.05) is 19.6 Å². The molecule has 1 aliphatic heterocycles. The lowest BCUT2D eigenvalue weighted by molar-refractivity contribution is 0.203. The summed E-state index contributed by atoms with van der Waals surface area (Å²) in [6.07, 6.45) is 47.6. The fourth-order valence-corrected chi connectivity index (χ4v) is 9.32. The van der Waals surface area contributed by atoms with Gasteiger partial charge in [0.1, 0.15) is 0 Å². The normalized spacial score (nSPS) is 25.0. The Morgan fingerprint density at radius 2 is 1.02 bits per heavy atom. The minimum Gasteiger partial charge on any atom is -0.303 e. The van der Waals surface area contributed by atoms with E-state index in [1.165, 1.54) is 244 Å². The van der Waals surface area contributed by atoms with Gasteiger partial charge in [0, 0.05) is 0 Å². The van der Waals surface area contributed by atoms with E-state index in [1.54, 1.807) is 5.57 Å². The van der Waals surface area contributed by atoms with E-state index in [4.69, 9.17) is 0 Å². The average molecular weight is 712 g/mol. The van der Waals surface area contributed by atoms with Gasteiger partial charge >= 0.3 is 0 Å². The van der Waals surface area contributed by atoms with Crippen LogP contribution in [-0.4, -0.2) is 24.5 Å². The van der Waals surface area contributed by atoms with Crippen LogP contribution in [0.2, 0.25) is 0 Å². The van der Waals surface area contributed by atoms with Crippen LogP contribution in [0.4, 0.5) is 0 Å². The number of unbranched alkanes of at least 4 members (excludes halogenated alkanes) is 8. The first-order valence-electron chi connectivity index (χ1n) is 24.0. The lowest BCUT2D eigenvalue weighted by Gasteiger charge is -2.31. The molecule has 0 amide bonds. The first kappa shape index (κ1) is 48.5. The van der Waals surface area contributed by atoms with Crippen LogP contribution in [0.5, 0.6) is 0 Å². The van der Waals surface area contributed by atoms with Crippen LogP contribution in [-0.2, 0) is 0 Å². The Hall–Kier alpha value is -0.560. The summed E-state index contributed by atoms with van der Waals surface area (Å²) < 4.78 is 0. The molecule has 0 aromatic carbocycles. The lowest BCUT2D eigenvalue weighted by Crippen LogP contribution is -2.27. The molecular formula is C50H97N. The molecule has 51 heavy (non-hydrogen) atoms. The van der Waals surface area contributed by atoms with Crippen LogP contribution in [0.3, 0.4) is 0 Å². The Balaban J connectivity index is 2.94. The average Bonchev–Trinajstić information content (AvgIpc) is 3.12. The number of hydrogen-bond donors (Lipinski definition) is 0. The third-order valence-corrected chi connectivity index (χ3v) is 12.8. The zero-order valence-corrected chi connectivity index (χ0v) is 36.3. The molecule has 0 aromatic rings. The van der Waals surface area contributed by atoms with E-state index in [2.05, 4.69) is 52.7 Å². The molecule has 0 N–H and O–H groups in total. The SMILES string of the molecule is C=C1CCCCCN(CCC)CCCCCCCC(=C)CCC(CCCCCCCC)CC(CCCCCC)C(CCC)CCCCC(C)CC1. The maximum Gasteiger partial charge on any atom is -0.00187 e. The Kier molecular flexibility index (Phi) is 33.4. The lowest BCUT2D eigenvalue weighted by atomic mass is 9.74. The van der Waals surface area contributed by atoms with E-state index in [0.29, 0.717) is 0 Å². The quantitative estimate of drug-likeness (QED) is 0.114. The number of hydrogen-bond acceptors (Lipinski definition) is 1. The predicted octanol–water partition coefficient (Wildman–Crippen LogP) is 17.2. The summed E-state index contributed by atoms with van der Waals surface area (Å²) in [4.78, 5) is 2.76. The summed E-state index contributed by atoms with van der Waals surface area (Å²) in [5, 5.41) is 0. The van der Waals surface area contributed by atoms with Gasteiger partial charge in [-0.1, -0.05) is 200 Å². The van der Waals surface area contributed by atoms with Gasteiger partial charge in [0.2, 0.25) is 0 Å². The van der Waals surface area contributed by atoms with Gasteiger partial charge in [0.25, 0.3) is 0 Å². The Bertz CT molecular complexity index is 767. The predicted molar refractivity (Wildman–Crippen MR) is 234 cm³/mol. The minimum absolute atomic E-state index is 0.848. The number of rotatable bonds is 16. The topological polar surface area (TPSA) is 3.24 Å². The molecule has 0 saturated carbocycles. The number of allylic oxidation sites excluding steroid dienone is 2. The van der Waals surface area contributed by atoms with Gasteiger partial charge in [-0.3, -0.25) is 0 Å². The van der Waals surface area contributed by atoms with E-state index in [9.17, 15) is 0 Å². The number of nitrogens with zero attached hydrogens (tertiary/aromatic N) is 1. The van der Waals surface area contributed by atoms with Gasteiger partial charge in [0.05, 0.1) is 0 Å². The van der Waals surface area contributed by atoms with Gasteiger partial charge in [-0.2, -0.15) is 0 Å². The molecule has 0 aliphatic carbocycles. The zero-order chi connectivity index (χ0) is 37.2. The Morgan fingerprint density at radius 3 is 1.69 bits per heavy atom. The van der Waals surface area contributed by atoms with E-state index >= 15 is 0 Å². The van der Waals surface area contributed by atoms with Gasteiger partial charge in [-0.25, -0.2) is 0 Å². The van der Waals surface area contributed by atoms with E-state index < -0.39 is 0 Å². The molecule has 1 saturated heterocycles. The van der Waals surface area contributed by atoms with E-state index in [1.807, 2.05) is 0 Å². The molecule has 0 bridgehead atoms. The Morgan fingerprint density at radius 1 is 0.471 bits per heavy atom. The summed E-state index contributed by atoms with van der Waals surface area (Å²) in [6.45, 7) is 25.1. The fourth-order valence-electron chi connectivity index (χ4n) is 9.32. The molecule has 1 nitrogen and oxygen atoms in total. The summed E-state index contributed by atoms with van der Waals surface area (Å²) in [5.41, 5.74) is 3.08. The third-order valence-electron chi connectivity index (χ3n) is 12.8. The zero-order valence-electron chi connectivity index (χ0n) is 36.3. The molecule has 4 unspecified atom stereocenters. The summed E-state index contributed by atoms with van der Waals surface area (Å²) in [7, 11) is 0. The molecule has 1 aliphatic rings. The Labute approximate surface area is 324 Å². The summed E-state index contributed by atoms with van der Waals surface area (Å²) in [6, 6.07) is 0. The highest BCUT2D eigenvalue weighted by Crippen LogP contribution is 2.37. The summed E-state index contributed by atoms with van der Waals surface area (Å²) in [5.74, 6) is 3.65. The second-order valence-corrected chi connectivity index (χ2v) is 18.0. The molecule has 1 heterocycles. The van der Waals surface area contributed by atoms with Crippen molar-refractivity contribution in [2.45, 2.75) is 253 Å². The molecule has 0 aromatic heterocycles. The molecular weight excluding hydrogens is 615 g/mol. The minimum atomic E-state index is 0.848. The first-order valence-corrected chi connectivity index (χ1v) is 24.0. The molecule has 302 valence electrons. The van der Waals surface area contributed by atoms with Crippen LogP contribution in [0, 0.1) is 23.7 Å². The van der Waals surface area contributed by atoms with Gasteiger partial charge in [-0.05, 0) is 120 Å². The second kappa shape index (κ2) is 35.2. The standard InChI is InChI=1S/C50H97N/c1-8-12-14-16-19-24-34-48-40-39-47(7)31-22-18-17-20-28-42-51(41-11-4)43-29-21-23-32-45(5)37-38-46(6)33-26-27-35-49(30-10-3)50(44-48)36-25-15-13-9-2/h46,48-50H,5,7-44H2,1-4,6H3. The molecule has 1 heteroatoms. The van der Waals surface area contributed by atoms with Crippen LogP contribution in [0.15, 0.2) is 24.3 Å². The van der Waals surface area contributed by atoms with Crippen LogP contribution in [0.1, 0.15) is 253 Å². The molecule has 4 atom stereocenters. The van der Waals surface area contributed by atoms with Crippen LogP contribution >= 0.6 is 0 Å². The highest BCUT2D eigenvalue weighted by molar-refractivity contribution is 4.95. The smallest absolute Gasteiger partial charge is 0.00187 e. The molecule has 1 rings (SSSR count). The van der Waals surface area contributed by atoms with Crippen molar-refractivity contribution < 1.29 is 0 Å². The second-order valence-electron chi connectivity index (χ2n) is 18.0. The van der Waals surface area contributed by atoms with Gasteiger partial charge in [-0.15, -0.1) is 0 Å². The van der Waals surface area contributed by atoms with E-state index in [-0.39, 0.29) is 0 Å². The highest BCUT2D eigenvalue weighted by atomic mass is 15.1. The first-order chi connectivity index (χ1) is 24.9. The van der Waals surface area contributed by atoms with Crippen molar-refractivity contribution in [3.05, 3.63) is 24.3 Å².